The van der Waals surface area contributed by atoms with Crippen LogP contribution in [0.4, 0.5) is 0 Å². The molecule has 0 saturated carbocycles. The summed E-state index contributed by atoms with van der Waals surface area (Å²) in [6.07, 6.45) is 0. The van der Waals surface area contributed by atoms with Crippen LogP contribution in [0.25, 0.3) is 0 Å². The van der Waals surface area contributed by atoms with Gasteiger partial charge in [0.15, 0.2) is 0 Å². The Bertz CT molecular complexity index is 344. The Hall–Kier alpha value is -1.27. The van der Waals surface area contributed by atoms with E-state index in [1.165, 1.54) is 26.0 Å². The Balaban J connectivity index is 2.69. The third-order valence-electron chi connectivity index (χ3n) is 1.69. The molecular formula is C9H12BO5. The van der Waals surface area contributed by atoms with E-state index in [2.05, 4.69) is 0 Å². The number of furan rings is 1. The number of carbonyl (C=O) groups excluding carboxylic acids is 1. The van der Waals surface area contributed by atoms with Crippen LogP contribution in [0.1, 0.15) is 30.2 Å². The summed E-state index contributed by atoms with van der Waals surface area (Å²) in [4.78, 5) is 11.4. The predicted molar refractivity (Wildman–Crippen MR) is 52.1 cm³/mol. The summed E-state index contributed by atoms with van der Waals surface area (Å²) in [5.41, 5.74) is -1.07. The van der Waals surface area contributed by atoms with Crippen molar-refractivity contribution in [1.29, 1.82) is 0 Å². The van der Waals surface area contributed by atoms with Gasteiger partial charge in [-0.15, -0.1) is 0 Å². The molecule has 0 aliphatic heterocycles. The lowest BCUT2D eigenvalue weighted by molar-refractivity contribution is 0.0198. The van der Waals surface area contributed by atoms with E-state index < -0.39 is 11.5 Å². The fraction of sp³-hybridized carbons (Fsp3) is 0.444. The molecular weight excluding hydrogens is 199 g/mol. The molecule has 0 atom stereocenters. The molecule has 0 amide bonds. The van der Waals surface area contributed by atoms with Crippen molar-refractivity contribution >= 4 is 13.5 Å². The Morgan fingerprint density at radius 3 is 2.73 bits per heavy atom. The molecule has 5 nitrogen and oxygen atoms in total. The first-order chi connectivity index (χ1) is 6.98. The summed E-state index contributed by atoms with van der Waals surface area (Å²) in [5.74, 6) is -0.410. The molecule has 2 N–H and O–H groups in total. The molecule has 0 spiro atoms. The van der Waals surface area contributed by atoms with E-state index in [9.17, 15) is 4.79 Å². The van der Waals surface area contributed by atoms with Crippen LogP contribution in [-0.4, -0.2) is 29.1 Å². The fourth-order valence-corrected chi connectivity index (χ4v) is 0.888. The number of ether oxygens (including phenoxy) is 1. The highest BCUT2D eigenvalue weighted by atomic mass is 16.6. The Morgan fingerprint density at radius 1 is 1.60 bits per heavy atom. The zero-order valence-electron chi connectivity index (χ0n) is 8.56. The van der Waals surface area contributed by atoms with Gasteiger partial charge >= 0.3 is 13.5 Å². The van der Waals surface area contributed by atoms with E-state index in [0.29, 0.717) is 0 Å². The van der Waals surface area contributed by atoms with Crippen molar-refractivity contribution in [3.8, 4) is 0 Å². The third kappa shape index (κ3) is 3.11. The number of aliphatic hydroxyl groups is 1. The minimum absolute atomic E-state index is 0.00558. The molecule has 15 heavy (non-hydrogen) atoms. The molecule has 1 aromatic rings. The number of aliphatic hydroxyl groups excluding tert-OH is 1. The van der Waals surface area contributed by atoms with Gasteiger partial charge in [0.05, 0.1) is 0 Å². The minimum atomic E-state index is -1.07. The molecule has 81 valence electrons. The molecule has 1 aromatic heterocycles. The standard InChI is InChI=1S/C9H12BO5/c1-9(2,10-13)15-8(12)7-4-3-6(5-11)14-7/h3-4,11,13H,5H2,1-2H3. The number of hydrogen-bond acceptors (Lipinski definition) is 5. The predicted octanol–water partition coefficient (Wildman–Crippen LogP) is 0.276. The molecule has 0 saturated heterocycles. The van der Waals surface area contributed by atoms with Crippen LogP contribution in [0, 0.1) is 0 Å². The van der Waals surface area contributed by atoms with Gasteiger partial charge in [-0.05, 0) is 26.0 Å². The van der Waals surface area contributed by atoms with E-state index in [4.69, 9.17) is 19.3 Å². The normalized spacial score (nSPS) is 11.2. The second-order valence-electron chi connectivity index (χ2n) is 3.55. The van der Waals surface area contributed by atoms with Gasteiger partial charge < -0.3 is 19.3 Å². The summed E-state index contributed by atoms with van der Waals surface area (Å²) in [6.45, 7) is 2.78. The lowest BCUT2D eigenvalue weighted by Gasteiger charge is -2.20. The van der Waals surface area contributed by atoms with E-state index >= 15 is 0 Å². The number of hydrogen-bond donors (Lipinski definition) is 2. The highest BCUT2D eigenvalue weighted by Crippen LogP contribution is 2.14. The van der Waals surface area contributed by atoms with Crippen LogP contribution in [-0.2, 0) is 11.3 Å². The van der Waals surface area contributed by atoms with Crippen molar-refractivity contribution in [1.82, 2.24) is 0 Å². The molecule has 1 heterocycles. The van der Waals surface area contributed by atoms with Crippen LogP contribution in [0.2, 0.25) is 0 Å². The molecule has 0 aliphatic carbocycles. The van der Waals surface area contributed by atoms with Crippen LogP contribution >= 0.6 is 0 Å². The lowest BCUT2D eigenvalue weighted by atomic mass is 9.78. The third-order valence-corrected chi connectivity index (χ3v) is 1.69. The van der Waals surface area contributed by atoms with Crippen LogP contribution < -0.4 is 0 Å². The maximum atomic E-state index is 11.4. The van der Waals surface area contributed by atoms with Crippen molar-refractivity contribution in [2.45, 2.75) is 26.0 Å². The van der Waals surface area contributed by atoms with Crippen molar-refractivity contribution in [3.63, 3.8) is 0 Å². The first-order valence-corrected chi connectivity index (χ1v) is 4.40. The molecule has 0 aromatic carbocycles. The Labute approximate surface area is 87.9 Å². The molecule has 6 heteroatoms. The second-order valence-corrected chi connectivity index (χ2v) is 3.55. The summed E-state index contributed by atoms with van der Waals surface area (Å²) < 4.78 is 9.88. The van der Waals surface area contributed by atoms with Gasteiger partial charge in [0, 0.05) is 0 Å². The average molecular weight is 211 g/mol. The van der Waals surface area contributed by atoms with E-state index in [-0.39, 0.29) is 18.1 Å². The zero-order valence-corrected chi connectivity index (χ0v) is 8.56. The highest BCUT2D eigenvalue weighted by Gasteiger charge is 2.26. The number of carbonyl (C=O) groups is 1. The second kappa shape index (κ2) is 4.50. The van der Waals surface area contributed by atoms with Gasteiger partial charge in [0.1, 0.15) is 17.9 Å². The number of rotatable bonds is 4. The van der Waals surface area contributed by atoms with Crippen molar-refractivity contribution in [2.75, 3.05) is 0 Å². The lowest BCUT2D eigenvalue weighted by Crippen LogP contribution is -2.34. The first-order valence-electron chi connectivity index (χ1n) is 4.40. The summed E-state index contributed by atoms with van der Waals surface area (Å²) >= 11 is 0. The molecule has 0 aliphatic rings. The maximum Gasteiger partial charge on any atom is 0.374 e. The molecule has 1 rings (SSSR count). The maximum absolute atomic E-state index is 11.4. The molecule has 0 bridgehead atoms. The fourth-order valence-electron chi connectivity index (χ4n) is 0.888. The van der Waals surface area contributed by atoms with Crippen LogP contribution in [0.3, 0.4) is 0 Å². The van der Waals surface area contributed by atoms with Gasteiger partial charge in [-0.3, -0.25) is 0 Å². The first kappa shape index (κ1) is 11.8. The van der Waals surface area contributed by atoms with Gasteiger partial charge in [0.2, 0.25) is 5.76 Å². The SMILES string of the molecule is CC(C)([B]O)OC(=O)c1ccc(CO)o1. The largest absolute Gasteiger partial charge is 0.460 e. The monoisotopic (exact) mass is 211 g/mol. The van der Waals surface area contributed by atoms with Gasteiger partial charge in [-0.2, -0.15) is 0 Å². The summed E-state index contributed by atoms with van der Waals surface area (Å²) in [6, 6.07) is 2.88. The van der Waals surface area contributed by atoms with Crippen LogP contribution in [0.5, 0.6) is 0 Å². The molecule has 0 fully saturated rings. The molecule has 1 radical (unpaired) electrons. The zero-order chi connectivity index (χ0) is 11.5. The highest BCUT2D eigenvalue weighted by molar-refractivity contribution is 6.30. The molecule has 0 unspecified atom stereocenters. The average Bonchev–Trinajstić information content (AvgIpc) is 2.65. The Kier molecular flexibility index (Phi) is 3.54. The van der Waals surface area contributed by atoms with Crippen molar-refractivity contribution in [3.05, 3.63) is 23.7 Å². The number of esters is 1. The van der Waals surface area contributed by atoms with Gasteiger partial charge in [-0.1, -0.05) is 0 Å². The van der Waals surface area contributed by atoms with E-state index in [1.807, 2.05) is 0 Å². The van der Waals surface area contributed by atoms with Crippen molar-refractivity contribution < 1.29 is 24.1 Å². The van der Waals surface area contributed by atoms with E-state index in [1.54, 1.807) is 0 Å². The van der Waals surface area contributed by atoms with Gasteiger partial charge in [0.25, 0.3) is 0 Å². The van der Waals surface area contributed by atoms with Gasteiger partial charge in [-0.25, -0.2) is 4.79 Å². The minimum Gasteiger partial charge on any atom is -0.460 e. The quantitative estimate of drug-likeness (QED) is 0.552. The van der Waals surface area contributed by atoms with Crippen molar-refractivity contribution in [2.24, 2.45) is 0 Å². The topological polar surface area (TPSA) is 79.9 Å². The summed E-state index contributed by atoms with van der Waals surface area (Å²) in [7, 11) is 0.779. The van der Waals surface area contributed by atoms with E-state index in [0.717, 1.165) is 7.48 Å². The van der Waals surface area contributed by atoms with Crippen LogP contribution in [0.15, 0.2) is 16.5 Å². The smallest absolute Gasteiger partial charge is 0.374 e. The summed E-state index contributed by atoms with van der Waals surface area (Å²) in [5, 5.41) is 17.5. The Morgan fingerprint density at radius 2 is 2.27 bits per heavy atom.